The van der Waals surface area contributed by atoms with Crippen molar-refractivity contribution in [2.24, 2.45) is 0 Å². The first-order valence-electron chi connectivity index (χ1n) is 6.04. The molecule has 0 bridgehead atoms. The highest BCUT2D eigenvalue weighted by Crippen LogP contribution is 2.07. The topological polar surface area (TPSA) is 127 Å². The van der Waals surface area contributed by atoms with Crippen molar-refractivity contribution in [2.45, 2.75) is 25.3 Å². The molecule has 1 aromatic rings. The maximum Gasteiger partial charge on any atom is 0.451 e. The Hall–Kier alpha value is -1.90. The molecular formula is C12H16BNO6. The maximum absolute atomic E-state index is 11.0. The molecule has 0 aliphatic rings. The molecule has 1 aromatic carbocycles. The van der Waals surface area contributed by atoms with Gasteiger partial charge in [-0.15, -0.1) is 0 Å². The van der Waals surface area contributed by atoms with Gasteiger partial charge in [0.25, 0.3) is 0 Å². The van der Waals surface area contributed by atoms with E-state index in [1.807, 2.05) is 0 Å². The average molecular weight is 281 g/mol. The summed E-state index contributed by atoms with van der Waals surface area (Å²) in [6.45, 7) is 0.180. The number of aromatic carboxylic acids is 1. The number of rotatable bonds is 8. The standard InChI is InChI=1S/C12H16BNO6/c15-11(16)9-3-1-2-8(6-9)7-14-10(12(17)18)4-5-13(19)20/h1-3,6,10,14,19-20H,4-5,7H2,(H,15,16)(H,17,18)/t10-/m1/s1. The van der Waals surface area contributed by atoms with Crippen LogP contribution in [0.5, 0.6) is 0 Å². The summed E-state index contributed by atoms with van der Waals surface area (Å²) in [6, 6.07) is 5.23. The van der Waals surface area contributed by atoms with E-state index in [1.165, 1.54) is 12.1 Å². The van der Waals surface area contributed by atoms with E-state index >= 15 is 0 Å². The molecule has 0 aromatic heterocycles. The normalized spacial score (nSPS) is 11.9. The van der Waals surface area contributed by atoms with E-state index in [9.17, 15) is 9.59 Å². The minimum atomic E-state index is -1.55. The monoisotopic (exact) mass is 281 g/mol. The average Bonchev–Trinajstić information content (AvgIpc) is 2.38. The lowest BCUT2D eigenvalue weighted by molar-refractivity contribution is -0.139. The molecule has 0 amide bonds. The van der Waals surface area contributed by atoms with E-state index in [0.717, 1.165) is 0 Å². The first kappa shape index (κ1) is 16.2. The fourth-order valence-corrected chi connectivity index (χ4v) is 1.68. The van der Waals surface area contributed by atoms with Gasteiger partial charge in [0.15, 0.2) is 0 Å². The second-order valence-electron chi connectivity index (χ2n) is 4.34. The number of carboxylic acids is 2. The van der Waals surface area contributed by atoms with E-state index in [-0.39, 0.29) is 24.8 Å². The first-order chi connectivity index (χ1) is 9.40. The van der Waals surface area contributed by atoms with Gasteiger partial charge in [-0.2, -0.15) is 0 Å². The van der Waals surface area contributed by atoms with Crippen LogP contribution in [-0.4, -0.2) is 45.4 Å². The zero-order valence-corrected chi connectivity index (χ0v) is 10.7. The summed E-state index contributed by atoms with van der Waals surface area (Å²) in [5.74, 6) is -2.15. The fourth-order valence-electron chi connectivity index (χ4n) is 1.68. The lowest BCUT2D eigenvalue weighted by Gasteiger charge is -2.14. The Morgan fingerprint density at radius 2 is 1.95 bits per heavy atom. The smallest absolute Gasteiger partial charge is 0.451 e. The van der Waals surface area contributed by atoms with E-state index in [4.69, 9.17) is 20.3 Å². The summed E-state index contributed by atoms with van der Waals surface area (Å²) in [5, 5.41) is 38.1. The van der Waals surface area contributed by atoms with Gasteiger partial charge in [-0.1, -0.05) is 12.1 Å². The molecule has 0 aliphatic heterocycles. The van der Waals surface area contributed by atoms with Crippen molar-refractivity contribution in [3.8, 4) is 0 Å². The molecule has 0 saturated heterocycles. The molecule has 20 heavy (non-hydrogen) atoms. The quantitative estimate of drug-likeness (QED) is 0.417. The molecule has 7 nitrogen and oxygen atoms in total. The third-order valence-electron chi connectivity index (χ3n) is 2.74. The summed E-state index contributed by atoms with van der Waals surface area (Å²) in [6.07, 6.45) is 0.00472. The zero-order chi connectivity index (χ0) is 15.1. The Bertz CT molecular complexity index is 479. The molecule has 0 aliphatic carbocycles. The fraction of sp³-hybridized carbons (Fsp3) is 0.333. The Morgan fingerprint density at radius 3 is 2.50 bits per heavy atom. The minimum Gasteiger partial charge on any atom is -0.480 e. The summed E-state index contributed by atoms with van der Waals surface area (Å²) in [7, 11) is -1.55. The van der Waals surface area contributed by atoms with Crippen LogP contribution >= 0.6 is 0 Å². The van der Waals surface area contributed by atoms with E-state index < -0.39 is 25.1 Å². The maximum atomic E-state index is 11.0. The van der Waals surface area contributed by atoms with E-state index in [0.29, 0.717) is 5.56 Å². The van der Waals surface area contributed by atoms with Gasteiger partial charge in [-0.25, -0.2) is 4.79 Å². The van der Waals surface area contributed by atoms with Gasteiger partial charge in [0.1, 0.15) is 6.04 Å². The lowest BCUT2D eigenvalue weighted by Crippen LogP contribution is -2.37. The van der Waals surface area contributed by atoms with Gasteiger partial charge in [-0.05, 0) is 30.4 Å². The molecule has 0 spiro atoms. The molecule has 0 saturated carbocycles. The lowest BCUT2D eigenvalue weighted by atomic mass is 9.82. The molecule has 0 unspecified atom stereocenters. The van der Waals surface area contributed by atoms with Crippen LogP contribution in [0.15, 0.2) is 24.3 Å². The molecule has 0 fully saturated rings. The van der Waals surface area contributed by atoms with Crippen molar-refractivity contribution in [2.75, 3.05) is 0 Å². The highest BCUT2D eigenvalue weighted by atomic mass is 16.4. The molecule has 0 radical (unpaired) electrons. The highest BCUT2D eigenvalue weighted by Gasteiger charge is 2.19. The van der Waals surface area contributed by atoms with Crippen LogP contribution in [0.3, 0.4) is 0 Å². The second-order valence-corrected chi connectivity index (χ2v) is 4.34. The molecular weight excluding hydrogens is 265 g/mol. The number of hydrogen-bond acceptors (Lipinski definition) is 5. The number of aliphatic carboxylic acids is 1. The van der Waals surface area contributed by atoms with Gasteiger partial charge in [0.2, 0.25) is 0 Å². The Morgan fingerprint density at radius 1 is 1.25 bits per heavy atom. The Balaban J connectivity index is 2.60. The summed E-state index contributed by atoms with van der Waals surface area (Å²) < 4.78 is 0. The van der Waals surface area contributed by atoms with Crippen molar-refractivity contribution < 1.29 is 29.9 Å². The van der Waals surface area contributed by atoms with Gasteiger partial charge in [-0.3, -0.25) is 4.79 Å². The largest absolute Gasteiger partial charge is 0.480 e. The minimum absolute atomic E-state index is 0.0564. The number of nitrogens with one attached hydrogen (secondary N) is 1. The van der Waals surface area contributed by atoms with Crippen LogP contribution in [0, 0.1) is 0 Å². The first-order valence-corrected chi connectivity index (χ1v) is 6.04. The van der Waals surface area contributed by atoms with Crippen LogP contribution in [0.25, 0.3) is 0 Å². The predicted octanol–water partition coefficient (Wildman–Crippen LogP) is -0.210. The van der Waals surface area contributed by atoms with Crippen LogP contribution in [0.1, 0.15) is 22.3 Å². The van der Waals surface area contributed by atoms with Gasteiger partial charge in [0.05, 0.1) is 5.56 Å². The summed E-state index contributed by atoms with van der Waals surface area (Å²) >= 11 is 0. The van der Waals surface area contributed by atoms with Crippen LogP contribution in [0.4, 0.5) is 0 Å². The molecule has 0 heterocycles. The summed E-state index contributed by atoms with van der Waals surface area (Å²) in [4.78, 5) is 21.8. The van der Waals surface area contributed by atoms with Gasteiger partial charge < -0.3 is 25.6 Å². The highest BCUT2D eigenvalue weighted by molar-refractivity contribution is 6.40. The molecule has 8 heteroatoms. The molecule has 5 N–H and O–H groups in total. The van der Waals surface area contributed by atoms with Crippen molar-refractivity contribution >= 4 is 19.1 Å². The zero-order valence-electron chi connectivity index (χ0n) is 10.7. The van der Waals surface area contributed by atoms with Crippen molar-refractivity contribution in [3.63, 3.8) is 0 Å². The van der Waals surface area contributed by atoms with E-state index in [2.05, 4.69) is 5.32 Å². The Labute approximate surface area is 116 Å². The van der Waals surface area contributed by atoms with Crippen molar-refractivity contribution in [1.29, 1.82) is 0 Å². The second kappa shape index (κ2) is 7.64. The third kappa shape index (κ3) is 5.39. The van der Waals surface area contributed by atoms with Crippen LogP contribution < -0.4 is 5.32 Å². The number of carbonyl (C=O) groups is 2. The molecule has 1 atom stereocenters. The van der Waals surface area contributed by atoms with Crippen LogP contribution in [-0.2, 0) is 11.3 Å². The Kier molecular flexibility index (Phi) is 6.17. The number of benzene rings is 1. The summed E-state index contributed by atoms with van der Waals surface area (Å²) in [5.41, 5.74) is 0.766. The number of carboxylic acid groups (broad SMARTS) is 2. The van der Waals surface area contributed by atoms with E-state index in [1.54, 1.807) is 12.1 Å². The third-order valence-corrected chi connectivity index (χ3v) is 2.74. The predicted molar refractivity (Wildman–Crippen MR) is 71.3 cm³/mol. The van der Waals surface area contributed by atoms with Crippen molar-refractivity contribution in [1.82, 2.24) is 5.32 Å². The number of hydrogen-bond donors (Lipinski definition) is 5. The molecule has 1 rings (SSSR count). The molecule has 108 valence electrons. The SMILES string of the molecule is O=C(O)c1cccc(CN[C@H](CCB(O)O)C(=O)O)c1. The van der Waals surface area contributed by atoms with Gasteiger partial charge >= 0.3 is 19.1 Å². The van der Waals surface area contributed by atoms with Crippen LogP contribution in [0.2, 0.25) is 6.32 Å². The van der Waals surface area contributed by atoms with Crippen molar-refractivity contribution in [3.05, 3.63) is 35.4 Å². The van der Waals surface area contributed by atoms with Gasteiger partial charge in [0, 0.05) is 6.54 Å².